The summed E-state index contributed by atoms with van der Waals surface area (Å²) >= 11 is 5.37. The molecule has 6 nitrogen and oxygen atoms in total. The number of hydrogen-bond acceptors (Lipinski definition) is 3. The molecule has 8 heteroatoms. The van der Waals surface area contributed by atoms with Gasteiger partial charge < -0.3 is 15.5 Å². The number of benzene rings is 1. The van der Waals surface area contributed by atoms with Gasteiger partial charge in [-0.05, 0) is 37.3 Å². The van der Waals surface area contributed by atoms with Gasteiger partial charge in [-0.25, -0.2) is 12.7 Å². The van der Waals surface area contributed by atoms with Crippen molar-refractivity contribution in [3.63, 3.8) is 0 Å². The quantitative estimate of drug-likeness (QED) is 0.650. The Bertz CT molecular complexity index is 668. The molecule has 24 heavy (non-hydrogen) atoms. The van der Waals surface area contributed by atoms with Gasteiger partial charge >= 0.3 is 0 Å². The predicted molar refractivity (Wildman–Crippen MR) is 101 cm³/mol. The van der Waals surface area contributed by atoms with Crippen molar-refractivity contribution < 1.29 is 13.3 Å². The Hall–Kier alpha value is -1.22. The molecule has 1 aromatic rings. The lowest BCUT2D eigenvalue weighted by atomic mass is 10.1. The standard InChI is InChI=1S/C16H26N4O2S2/c1-4-20-10-8-13(9-11-20)17-16(23)18-14-6-5-7-15(12-14)24(21,22)19(2)3/h5-7,12-13H,4,8-11H2,1-3H3,(H2,17,18,23)/p+1. The molecule has 0 aliphatic carbocycles. The van der Waals surface area contributed by atoms with Crippen LogP contribution in [0.5, 0.6) is 0 Å². The highest BCUT2D eigenvalue weighted by molar-refractivity contribution is 7.89. The Morgan fingerprint density at radius 2 is 2.00 bits per heavy atom. The Balaban J connectivity index is 1.95. The lowest BCUT2D eigenvalue weighted by Gasteiger charge is -2.29. The second-order valence-corrected chi connectivity index (χ2v) is 8.85. The summed E-state index contributed by atoms with van der Waals surface area (Å²) in [6.07, 6.45) is 2.19. The molecule has 0 unspecified atom stereocenters. The fraction of sp³-hybridized carbons (Fsp3) is 0.562. The summed E-state index contributed by atoms with van der Waals surface area (Å²) in [7, 11) is -0.404. The molecule has 134 valence electrons. The summed E-state index contributed by atoms with van der Waals surface area (Å²) in [5, 5.41) is 6.98. The molecule has 1 aliphatic heterocycles. The number of piperidine rings is 1. The molecule has 0 radical (unpaired) electrons. The molecule has 2 rings (SSSR count). The van der Waals surface area contributed by atoms with Crippen LogP contribution in [0.25, 0.3) is 0 Å². The number of nitrogens with zero attached hydrogens (tertiary/aromatic N) is 1. The molecular formula is C16H27N4O2S2+. The molecule has 1 aliphatic rings. The molecule has 0 bridgehead atoms. The third-order valence-electron chi connectivity index (χ3n) is 4.40. The van der Waals surface area contributed by atoms with Crippen LogP contribution >= 0.6 is 12.2 Å². The number of thiocarbonyl (C=S) groups is 1. The monoisotopic (exact) mass is 371 g/mol. The zero-order chi connectivity index (χ0) is 17.7. The minimum absolute atomic E-state index is 0.250. The largest absolute Gasteiger partial charge is 0.359 e. The highest BCUT2D eigenvalue weighted by atomic mass is 32.2. The second-order valence-electron chi connectivity index (χ2n) is 6.29. The minimum Gasteiger partial charge on any atom is -0.359 e. The number of sulfonamides is 1. The first-order chi connectivity index (χ1) is 11.3. The van der Waals surface area contributed by atoms with Crippen molar-refractivity contribution in [1.82, 2.24) is 9.62 Å². The van der Waals surface area contributed by atoms with Crippen LogP contribution in [0.1, 0.15) is 19.8 Å². The van der Waals surface area contributed by atoms with Crippen LogP contribution in [0.4, 0.5) is 5.69 Å². The van der Waals surface area contributed by atoms with Gasteiger partial charge in [-0.15, -0.1) is 0 Å². The molecule has 1 heterocycles. The molecule has 0 aromatic heterocycles. The lowest BCUT2D eigenvalue weighted by molar-refractivity contribution is -0.903. The van der Waals surface area contributed by atoms with Gasteiger partial charge in [0.2, 0.25) is 10.0 Å². The molecule has 0 saturated carbocycles. The average Bonchev–Trinajstić information content (AvgIpc) is 2.55. The molecule has 1 saturated heterocycles. The summed E-state index contributed by atoms with van der Waals surface area (Å²) in [5.74, 6) is 0. The molecule has 0 spiro atoms. The van der Waals surface area contributed by atoms with E-state index in [9.17, 15) is 8.42 Å². The fourth-order valence-electron chi connectivity index (χ4n) is 2.82. The van der Waals surface area contributed by atoms with Crippen molar-refractivity contribution >= 4 is 33.0 Å². The van der Waals surface area contributed by atoms with Crippen molar-refractivity contribution in [2.24, 2.45) is 0 Å². The normalized spacial score (nSPS) is 21.5. The Morgan fingerprint density at radius 3 is 2.58 bits per heavy atom. The number of hydrogen-bond donors (Lipinski definition) is 3. The third kappa shape index (κ3) is 4.89. The summed E-state index contributed by atoms with van der Waals surface area (Å²) in [6, 6.07) is 7.10. The maximum absolute atomic E-state index is 12.2. The van der Waals surface area contributed by atoms with E-state index in [2.05, 4.69) is 17.6 Å². The Labute approximate surface area is 150 Å². The number of nitrogens with one attached hydrogen (secondary N) is 3. The lowest BCUT2D eigenvalue weighted by Crippen LogP contribution is -3.13. The van der Waals surface area contributed by atoms with Crippen LogP contribution in [-0.4, -0.2) is 57.6 Å². The van der Waals surface area contributed by atoms with E-state index in [0.29, 0.717) is 16.8 Å². The summed E-state index contributed by atoms with van der Waals surface area (Å²) in [6.45, 7) is 5.70. The van der Waals surface area contributed by atoms with Crippen LogP contribution in [0.2, 0.25) is 0 Å². The zero-order valence-electron chi connectivity index (χ0n) is 14.5. The Morgan fingerprint density at radius 1 is 1.33 bits per heavy atom. The molecule has 1 aromatic carbocycles. The smallest absolute Gasteiger partial charge is 0.242 e. The number of likely N-dealkylation sites (tertiary alicyclic amines) is 1. The number of rotatable bonds is 5. The predicted octanol–water partition coefficient (Wildman–Crippen LogP) is 0.291. The van der Waals surface area contributed by atoms with E-state index in [0.717, 1.165) is 25.9 Å². The van der Waals surface area contributed by atoms with Gasteiger partial charge in [-0.2, -0.15) is 0 Å². The third-order valence-corrected chi connectivity index (χ3v) is 6.43. The molecule has 1 fully saturated rings. The Kier molecular flexibility index (Phi) is 6.56. The molecule has 0 amide bonds. The zero-order valence-corrected chi connectivity index (χ0v) is 16.1. The van der Waals surface area contributed by atoms with Crippen LogP contribution in [-0.2, 0) is 10.0 Å². The van der Waals surface area contributed by atoms with Crippen molar-refractivity contribution in [2.75, 3.05) is 39.0 Å². The minimum atomic E-state index is -3.44. The summed E-state index contributed by atoms with van der Waals surface area (Å²) in [5.41, 5.74) is 0.673. The van der Waals surface area contributed by atoms with E-state index < -0.39 is 10.0 Å². The summed E-state index contributed by atoms with van der Waals surface area (Å²) < 4.78 is 25.6. The average molecular weight is 372 g/mol. The SMILES string of the molecule is CC[NH+]1CCC(NC(=S)Nc2cccc(S(=O)(=O)N(C)C)c2)CC1. The van der Waals surface area contributed by atoms with Crippen molar-refractivity contribution in [3.05, 3.63) is 24.3 Å². The van der Waals surface area contributed by atoms with Crippen molar-refractivity contribution in [2.45, 2.75) is 30.7 Å². The van der Waals surface area contributed by atoms with E-state index in [1.807, 2.05) is 6.07 Å². The molecule has 0 atom stereocenters. The number of anilines is 1. The van der Waals surface area contributed by atoms with Gasteiger partial charge in [0.1, 0.15) is 0 Å². The van der Waals surface area contributed by atoms with Gasteiger partial charge in [0.15, 0.2) is 5.11 Å². The molecule has 3 N–H and O–H groups in total. The first-order valence-corrected chi connectivity index (χ1v) is 10.1. The maximum Gasteiger partial charge on any atom is 0.242 e. The van der Waals surface area contributed by atoms with Crippen molar-refractivity contribution in [3.8, 4) is 0 Å². The van der Waals surface area contributed by atoms with E-state index in [1.54, 1.807) is 23.1 Å². The first kappa shape index (κ1) is 19.1. The highest BCUT2D eigenvalue weighted by Crippen LogP contribution is 2.18. The van der Waals surface area contributed by atoms with Gasteiger partial charge in [0, 0.05) is 38.7 Å². The van der Waals surface area contributed by atoms with Crippen LogP contribution in [0.15, 0.2) is 29.2 Å². The van der Waals surface area contributed by atoms with Gasteiger partial charge in [-0.3, -0.25) is 0 Å². The number of quaternary nitrogens is 1. The van der Waals surface area contributed by atoms with E-state index in [4.69, 9.17) is 12.2 Å². The fourth-order valence-corrected chi connectivity index (χ4v) is 4.05. The van der Waals surface area contributed by atoms with Gasteiger partial charge in [0.25, 0.3) is 0 Å². The topological polar surface area (TPSA) is 65.9 Å². The van der Waals surface area contributed by atoms with Crippen LogP contribution in [0, 0.1) is 0 Å². The van der Waals surface area contributed by atoms with E-state index in [1.165, 1.54) is 24.9 Å². The maximum atomic E-state index is 12.2. The van der Waals surface area contributed by atoms with Crippen LogP contribution < -0.4 is 15.5 Å². The first-order valence-electron chi connectivity index (χ1n) is 8.26. The summed E-state index contributed by atoms with van der Waals surface area (Å²) in [4.78, 5) is 1.88. The molecular weight excluding hydrogens is 344 g/mol. The van der Waals surface area contributed by atoms with Gasteiger partial charge in [-0.1, -0.05) is 6.07 Å². The highest BCUT2D eigenvalue weighted by Gasteiger charge is 2.21. The van der Waals surface area contributed by atoms with E-state index in [-0.39, 0.29) is 4.90 Å². The van der Waals surface area contributed by atoms with Crippen LogP contribution in [0.3, 0.4) is 0 Å². The van der Waals surface area contributed by atoms with Gasteiger partial charge in [0.05, 0.1) is 24.5 Å². The van der Waals surface area contributed by atoms with E-state index >= 15 is 0 Å². The van der Waals surface area contributed by atoms with Crippen molar-refractivity contribution in [1.29, 1.82) is 0 Å². The second kappa shape index (κ2) is 8.24.